The summed E-state index contributed by atoms with van der Waals surface area (Å²) in [5, 5.41) is 5.35. The maximum atomic E-state index is 11.7. The smallest absolute Gasteiger partial charge is 0.239 e. The molecule has 122 valence electrons. The largest absolute Gasteiger partial charge is 0.493 e. The van der Waals surface area contributed by atoms with E-state index in [0.717, 1.165) is 5.56 Å². The van der Waals surface area contributed by atoms with E-state index in [-0.39, 0.29) is 18.4 Å². The van der Waals surface area contributed by atoms with Gasteiger partial charge in [0.15, 0.2) is 11.5 Å². The topological polar surface area (TPSA) is 76.7 Å². The molecule has 0 atom stereocenters. The summed E-state index contributed by atoms with van der Waals surface area (Å²) in [6.07, 6.45) is 0. The van der Waals surface area contributed by atoms with Gasteiger partial charge in [0.2, 0.25) is 11.8 Å². The first-order valence-corrected chi connectivity index (χ1v) is 7.04. The minimum absolute atomic E-state index is 0.0383. The van der Waals surface area contributed by atoms with Crippen molar-refractivity contribution in [2.45, 2.75) is 27.3 Å². The molecular formula is C16H24N2O4. The van der Waals surface area contributed by atoms with Crippen LogP contribution in [0.3, 0.4) is 0 Å². The van der Waals surface area contributed by atoms with Gasteiger partial charge in [0, 0.05) is 12.0 Å². The molecule has 0 saturated heterocycles. The highest BCUT2D eigenvalue weighted by Gasteiger charge is 2.21. The molecule has 0 aromatic heterocycles. The molecule has 1 rings (SSSR count). The van der Waals surface area contributed by atoms with Crippen LogP contribution in [0.15, 0.2) is 18.2 Å². The van der Waals surface area contributed by atoms with Crippen molar-refractivity contribution in [3.8, 4) is 11.5 Å². The average Bonchev–Trinajstić information content (AvgIpc) is 2.49. The van der Waals surface area contributed by atoms with Gasteiger partial charge in [0.25, 0.3) is 0 Å². The first-order valence-electron chi connectivity index (χ1n) is 7.04. The molecule has 0 aliphatic carbocycles. The Morgan fingerprint density at radius 2 is 1.68 bits per heavy atom. The molecule has 0 aliphatic heterocycles. The van der Waals surface area contributed by atoms with Crippen molar-refractivity contribution in [2.24, 2.45) is 5.41 Å². The summed E-state index contributed by atoms with van der Waals surface area (Å²) in [4.78, 5) is 23.4. The molecule has 1 aromatic carbocycles. The number of amides is 2. The number of benzene rings is 1. The van der Waals surface area contributed by atoms with E-state index < -0.39 is 5.41 Å². The Bertz CT molecular complexity index is 535. The SMILES string of the molecule is COc1ccc(CNC(=O)CNC(=O)C(C)(C)C)cc1OC. The zero-order valence-corrected chi connectivity index (χ0v) is 13.8. The van der Waals surface area contributed by atoms with Gasteiger partial charge in [-0.2, -0.15) is 0 Å². The van der Waals surface area contributed by atoms with Gasteiger partial charge in [-0.3, -0.25) is 9.59 Å². The van der Waals surface area contributed by atoms with Crippen LogP contribution in [0, 0.1) is 5.41 Å². The number of methoxy groups -OCH3 is 2. The van der Waals surface area contributed by atoms with E-state index >= 15 is 0 Å². The fraction of sp³-hybridized carbons (Fsp3) is 0.500. The highest BCUT2D eigenvalue weighted by Crippen LogP contribution is 2.27. The van der Waals surface area contributed by atoms with Crippen LogP contribution in [0.25, 0.3) is 0 Å². The Morgan fingerprint density at radius 3 is 2.23 bits per heavy atom. The van der Waals surface area contributed by atoms with Crippen LogP contribution in [0.4, 0.5) is 0 Å². The molecule has 22 heavy (non-hydrogen) atoms. The van der Waals surface area contributed by atoms with Crippen LogP contribution in [0.2, 0.25) is 0 Å². The molecular weight excluding hydrogens is 284 g/mol. The lowest BCUT2D eigenvalue weighted by molar-refractivity contribution is -0.131. The number of ether oxygens (including phenoxy) is 2. The summed E-state index contributed by atoms with van der Waals surface area (Å²) in [5.41, 5.74) is 0.372. The molecule has 2 N–H and O–H groups in total. The summed E-state index contributed by atoms with van der Waals surface area (Å²) in [5.74, 6) is 0.839. The predicted octanol–water partition coefficient (Wildman–Crippen LogP) is 1.48. The Kier molecular flexibility index (Phi) is 6.22. The van der Waals surface area contributed by atoms with Gasteiger partial charge in [0.1, 0.15) is 0 Å². The van der Waals surface area contributed by atoms with Gasteiger partial charge in [-0.05, 0) is 17.7 Å². The first kappa shape index (κ1) is 17.8. The highest BCUT2D eigenvalue weighted by molar-refractivity contribution is 5.87. The normalized spacial score (nSPS) is 10.8. The van der Waals surface area contributed by atoms with E-state index in [9.17, 15) is 9.59 Å². The van der Waals surface area contributed by atoms with Gasteiger partial charge >= 0.3 is 0 Å². The van der Waals surface area contributed by atoms with Gasteiger partial charge in [-0.25, -0.2) is 0 Å². The summed E-state index contributed by atoms with van der Waals surface area (Å²) < 4.78 is 10.4. The molecule has 0 fully saturated rings. The third-order valence-electron chi connectivity index (χ3n) is 3.03. The second-order valence-corrected chi connectivity index (χ2v) is 5.90. The maximum absolute atomic E-state index is 11.7. The van der Waals surface area contributed by atoms with Crippen molar-refractivity contribution in [3.05, 3.63) is 23.8 Å². The fourth-order valence-electron chi connectivity index (χ4n) is 1.68. The highest BCUT2D eigenvalue weighted by atomic mass is 16.5. The Morgan fingerprint density at radius 1 is 1.05 bits per heavy atom. The molecule has 0 radical (unpaired) electrons. The lowest BCUT2D eigenvalue weighted by atomic mass is 9.96. The molecule has 2 amide bonds. The van der Waals surface area contributed by atoms with Crippen LogP contribution in [0.1, 0.15) is 26.3 Å². The number of carbonyl (C=O) groups is 2. The van der Waals surface area contributed by atoms with Crippen molar-refractivity contribution < 1.29 is 19.1 Å². The first-order chi connectivity index (χ1) is 10.3. The van der Waals surface area contributed by atoms with Crippen LogP contribution in [-0.4, -0.2) is 32.6 Å². The summed E-state index contributed by atoms with van der Waals surface area (Å²) >= 11 is 0. The molecule has 6 heteroatoms. The summed E-state index contributed by atoms with van der Waals surface area (Å²) in [7, 11) is 3.12. The fourth-order valence-corrected chi connectivity index (χ4v) is 1.68. The van der Waals surface area contributed by atoms with Gasteiger partial charge < -0.3 is 20.1 Å². The lowest BCUT2D eigenvalue weighted by Crippen LogP contribution is -2.41. The second-order valence-electron chi connectivity index (χ2n) is 5.90. The number of nitrogens with one attached hydrogen (secondary N) is 2. The Labute approximate surface area is 131 Å². The van der Waals surface area contributed by atoms with E-state index in [1.165, 1.54) is 0 Å². The molecule has 0 aliphatic rings. The van der Waals surface area contributed by atoms with Crippen molar-refractivity contribution in [2.75, 3.05) is 20.8 Å². The number of rotatable bonds is 6. The minimum atomic E-state index is -0.510. The molecule has 1 aromatic rings. The van der Waals surface area contributed by atoms with Crippen molar-refractivity contribution in [1.82, 2.24) is 10.6 Å². The van der Waals surface area contributed by atoms with Gasteiger partial charge in [0.05, 0.1) is 20.8 Å². The second kappa shape index (κ2) is 7.68. The molecule has 6 nitrogen and oxygen atoms in total. The van der Waals surface area contributed by atoms with E-state index in [0.29, 0.717) is 18.0 Å². The number of carbonyl (C=O) groups excluding carboxylic acids is 2. The molecule has 0 heterocycles. The van der Waals surface area contributed by atoms with Gasteiger partial charge in [-0.15, -0.1) is 0 Å². The molecule has 0 spiro atoms. The average molecular weight is 308 g/mol. The summed E-state index contributed by atoms with van der Waals surface area (Å²) in [6, 6.07) is 5.42. The number of hydrogen-bond acceptors (Lipinski definition) is 4. The lowest BCUT2D eigenvalue weighted by Gasteiger charge is -2.17. The zero-order chi connectivity index (χ0) is 16.8. The predicted molar refractivity (Wildman–Crippen MR) is 83.9 cm³/mol. The van der Waals surface area contributed by atoms with E-state index in [4.69, 9.17) is 9.47 Å². The van der Waals surface area contributed by atoms with Gasteiger partial charge in [-0.1, -0.05) is 26.8 Å². The van der Waals surface area contributed by atoms with E-state index in [2.05, 4.69) is 10.6 Å². The monoisotopic (exact) mass is 308 g/mol. The van der Waals surface area contributed by atoms with E-state index in [1.54, 1.807) is 47.1 Å². The maximum Gasteiger partial charge on any atom is 0.239 e. The number of hydrogen-bond donors (Lipinski definition) is 2. The quantitative estimate of drug-likeness (QED) is 0.834. The molecule has 0 saturated carbocycles. The Hall–Kier alpha value is -2.24. The standard InChI is InChI=1S/C16H24N2O4/c1-16(2,3)15(20)18-10-14(19)17-9-11-6-7-12(21-4)13(8-11)22-5/h6-8H,9-10H2,1-5H3,(H,17,19)(H,18,20). The molecule has 0 unspecified atom stereocenters. The zero-order valence-electron chi connectivity index (χ0n) is 13.8. The van der Waals surface area contributed by atoms with Crippen LogP contribution in [-0.2, 0) is 16.1 Å². The van der Waals surface area contributed by atoms with E-state index in [1.807, 2.05) is 6.07 Å². The van der Waals surface area contributed by atoms with Crippen LogP contribution >= 0.6 is 0 Å². The van der Waals surface area contributed by atoms with Crippen molar-refractivity contribution in [3.63, 3.8) is 0 Å². The van der Waals surface area contributed by atoms with Crippen molar-refractivity contribution in [1.29, 1.82) is 0 Å². The van der Waals surface area contributed by atoms with Crippen LogP contribution < -0.4 is 20.1 Å². The third kappa shape index (κ3) is 5.27. The Balaban J connectivity index is 2.49. The summed E-state index contributed by atoms with van der Waals surface area (Å²) in [6.45, 7) is 5.70. The van der Waals surface area contributed by atoms with Crippen molar-refractivity contribution >= 4 is 11.8 Å². The minimum Gasteiger partial charge on any atom is -0.493 e. The molecule has 0 bridgehead atoms. The third-order valence-corrected chi connectivity index (χ3v) is 3.03. The van der Waals surface area contributed by atoms with Crippen LogP contribution in [0.5, 0.6) is 11.5 Å².